The zero-order valence-corrected chi connectivity index (χ0v) is 32.8. The van der Waals surface area contributed by atoms with E-state index in [9.17, 15) is 0 Å². The number of nitrogens with zero attached hydrogens (tertiary/aromatic N) is 4. The molecule has 0 aliphatic heterocycles. The highest BCUT2D eigenvalue weighted by Crippen LogP contribution is 2.57. The van der Waals surface area contributed by atoms with Crippen molar-refractivity contribution in [3.05, 3.63) is 50.2 Å². The lowest BCUT2D eigenvalue weighted by atomic mass is 9.99. The van der Waals surface area contributed by atoms with Gasteiger partial charge >= 0.3 is 0 Å². The van der Waals surface area contributed by atoms with E-state index < -0.39 is 0 Å². The van der Waals surface area contributed by atoms with Gasteiger partial charge in [0.2, 0.25) is 0 Å². The maximum Gasteiger partial charge on any atom is 0.150 e. The second-order valence-electron chi connectivity index (χ2n) is 11.1. The summed E-state index contributed by atoms with van der Waals surface area (Å²) in [5.74, 6) is 0. The fraction of sp³-hybridized carbons (Fsp3) is 0.438. The minimum absolute atomic E-state index is 0.158. The van der Waals surface area contributed by atoms with Gasteiger partial charge in [-0.25, -0.2) is 0 Å². The first-order valence-electron chi connectivity index (χ1n) is 15.2. The SMILES string of the molecule is CCCCCCCc1nnc(-c2c(Cl)c(Cl)c3c(Cl)c4c(Cl)c(-c5nnc(CCCCCCC)s5)c(Cl)c(Cl)c4c(Cl)c3c2Cl)s1. The molecule has 0 saturated heterocycles. The van der Waals surface area contributed by atoms with Gasteiger partial charge in [0, 0.05) is 34.4 Å². The second kappa shape index (κ2) is 16.6. The van der Waals surface area contributed by atoms with Crippen molar-refractivity contribution < 1.29 is 0 Å². The average molecular weight is 818 g/mol. The lowest BCUT2D eigenvalue weighted by Crippen LogP contribution is -1.94. The highest BCUT2D eigenvalue weighted by atomic mass is 35.5. The Hall–Kier alpha value is -0.380. The van der Waals surface area contributed by atoms with Gasteiger partial charge in [0.1, 0.15) is 10.0 Å². The molecule has 46 heavy (non-hydrogen) atoms. The largest absolute Gasteiger partial charge is 0.150 e. The summed E-state index contributed by atoms with van der Waals surface area (Å²) in [6.07, 6.45) is 13.2. The number of aryl methyl sites for hydroxylation is 2. The minimum Gasteiger partial charge on any atom is -0.143 e. The Balaban J connectivity index is 1.60. The fourth-order valence-electron chi connectivity index (χ4n) is 5.44. The molecule has 3 aromatic carbocycles. The number of hydrogen-bond acceptors (Lipinski definition) is 6. The number of rotatable bonds is 14. The molecule has 0 amide bonds. The standard InChI is InChI=1S/C32H30Cl8N4S2/c1-3-5-7-9-11-13-15-41-43-31(45-15)21-25(35)17-19(27(37)29(21)39)24(34)18-20(23(17)33)28(38)30(40)22(26(18)36)32-44-42-16(46-32)14-12-10-8-6-4-2/h3-14H2,1-2H3. The third-order valence-electron chi connectivity index (χ3n) is 7.87. The van der Waals surface area contributed by atoms with E-state index >= 15 is 0 Å². The number of fused-ring (bicyclic) bond motifs is 2. The highest BCUT2D eigenvalue weighted by Gasteiger charge is 2.30. The first-order chi connectivity index (χ1) is 22.1. The summed E-state index contributed by atoms with van der Waals surface area (Å²) < 4.78 is 0. The summed E-state index contributed by atoms with van der Waals surface area (Å²) in [6, 6.07) is 0. The third kappa shape index (κ3) is 7.38. The molecular weight excluding hydrogens is 788 g/mol. The Morgan fingerprint density at radius 3 is 1.11 bits per heavy atom. The van der Waals surface area contributed by atoms with E-state index in [0.29, 0.717) is 42.7 Å². The van der Waals surface area contributed by atoms with Crippen molar-refractivity contribution in [1.29, 1.82) is 0 Å². The van der Waals surface area contributed by atoms with Gasteiger partial charge in [0.05, 0.1) is 51.3 Å². The van der Waals surface area contributed by atoms with Gasteiger partial charge in [-0.3, -0.25) is 0 Å². The first-order valence-corrected chi connectivity index (χ1v) is 19.9. The van der Waals surface area contributed by atoms with Crippen LogP contribution in [0.4, 0.5) is 0 Å². The molecule has 2 heterocycles. The number of halogens is 8. The lowest BCUT2D eigenvalue weighted by molar-refractivity contribution is 0.630. The molecule has 0 bridgehead atoms. The van der Waals surface area contributed by atoms with Crippen molar-refractivity contribution in [1.82, 2.24) is 20.4 Å². The maximum atomic E-state index is 7.09. The summed E-state index contributed by atoms with van der Waals surface area (Å²) in [5.41, 5.74) is 0.850. The van der Waals surface area contributed by atoms with Crippen molar-refractivity contribution >= 4 is 137 Å². The molecule has 0 atom stereocenters. The molecule has 0 N–H and O–H groups in total. The van der Waals surface area contributed by atoms with E-state index in [-0.39, 0.29) is 40.2 Å². The van der Waals surface area contributed by atoms with Gasteiger partial charge < -0.3 is 0 Å². The smallest absolute Gasteiger partial charge is 0.143 e. The van der Waals surface area contributed by atoms with Crippen LogP contribution in [0.15, 0.2) is 0 Å². The Bertz CT molecular complexity index is 1750. The Morgan fingerprint density at radius 2 is 0.739 bits per heavy atom. The van der Waals surface area contributed by atoms with Crippen molar-refractivity contribution in [2.75, 3.05) is 0 Å². The van der Waals surface area contributed by atoms with E-state index in [4.69, 9.17) is 92.8 Å². The summed E-state index contributed by atoms with van der Waals surface area (Å²) in [6.45, 7) is 4.39. The number of aromatic nitrogens is 4. The maximum absolute atomic E-state index is 7.09. The van der Waals surface area contributed by atoms with Crippen molar-refractivity contribution in [2.45, 2.75) is 90.9 Å². The average Bonchev–Trinajstić information content (AvgIpc) is 3.69. The minimum atomic E-state index is 0.158. The van der Waals surface area contributed by atoms with Crippen LogP contribution in [0.3, 0.4) is 0 Å². The predicted molar refractivity (Wildman–Crippen MR) is 204 cm³/mol. The van der Waals surface area contributed by atoms with E-state index in [1.165, 1.54) is 61.2 Å². The fourth-order valence-corrected chi connectivity index (χ4v) is 10.5. The molecule has 0 saturated carbocycles. The van der Waals surface area contributed by atoms with Gasteiger partial charge in [0.25, 0.3) is 0 Å². The van der Waals surface area contributed by atoms with Crippen molar-refractivity contribution in [3.63, 3.8) is 0 Å². The highest BCUT2D eigenvalue weighted by molar-refractivity contribution is 7.15. The van der Waals surface area contributed by atoms with Crippen molar-refractivity contribution in [3.8, 4) is 21.1 Å². The van der Waals surface area contributed by atoms with Gasteiger partial charge in [-0.1, -0.05) is 181 Å². The van der Waals surface area contributed by atoms with E-state index in [1.807, 2.05) is 0 Å². The molecule has 4 nitrogen and oxygen atoms in total. The number of unbranched alkanes of at least 4 members (excludes halogenated alkanes) is 8. The monoisotopic (exact) mass is 814 g/mol. The molecular formula is C32H30Cl8N4S2. The summed E-state index contributed by atoms with van der Waals surface area (Å²) in [7, 11) is 0. The molecule has 0 spiro atoms. The van der Waals surface area contributed by atoms with Crippen LogP contribution in [0.1, 0.15) is 88.1 Å². The van der Waals surface area contributed by atoms with Gasteiger partial charge in [-0.15, -0.1) is 20.4 Å². The quantitative estimate of drug-likeness (QED) is 0.0636. The Labute approximate surface area is 317 Å². The van der Waals surface area contributed by atoms with Crippen LogP contribution in [-0.4, -0.2) is 20.4 Å². The van der Waals surface area contributed by atoms with Crippen LogP contribution in [0.2, 0.25) is 40.2 Å². The first kappa shape index (κ1) is 36.9. The summed E-state index contributed by atoms with van der Waals surface area (Å²) >= 11 is 58.8. The van der Waals surface area contributed by atoms with Crippen molar-refractivity contribution in [2.24, 2.45) is 0 Å². The summed E-state index contributed by atoms with van der Waals surface area (Å²) in [4.78, 5) is 0. The van der Waals surface area contributed by atoms with E-state index in [0.717, 1.165) is 48.5 Å². The molecule has 0 aliphatic carbocycles. The number of benzene rings is 3. The molecule has 0 fully saturated rings. The zero-order chi connectivity index (χ0) is 33.1. The molecule has 0 radical (unpaired) electrons. The lowest BCUT2D eigenvalue weighted by Gasteiger charge is -2.19. The molecule has 246 valence electrons. The molecule has 0 aliphatic rings. The summed E-state index contributed by atoms with van der Waals surface area (Å²) in [5, 5.41) is 23.3. The Morgan fingerprint density at radius 1 is 0.391 bits per heavy atom. The molecule has 0 unspecified atom stereocenters. The van der Waals surface area contributed by atoms with Crippen LogP contribution in [0.5, 0.6) is 0 Å². The normalized spacial score (nSPS) is 11.9. The van der Waals surface area contributed by atoms with E-state index in [2.05, 4.69) is 34.2 Å². The van der Waals surface area contributed by atoms with Crippen LogP contribution in [0.25, 0.3) is 42.7 Å². The number of hydrogen-bond donors (Lipinski definition) is 0. The predicted octanol–water partition coefficient (Wildman–Crippen LogP) is 15.3. The van der Waals surface area contributed by atoms with Crippen LogP contribution in [-0.2, 0) is 12.8 Å². The van der Waals surface area contributed by atoms with Gasteiger partial charge in [0.15, 0.2) is 10.0 Å². The molecule has 2 aromatic heterocycles. The molecule has 14 heteroatoms. The second-order valence-corrected chi connectivity index (χ2v) is 16.2. The molecule has 5 aromatic rings. The van der Waals surface area contributed by atoms with Crippen LogP contribution in [0, 0.1) is 0 Å². The van der Waals surface area contributed by atoms with Gasteiger partial charge in [-0.05, 0) is 12.8 Å². The van der Waals surface area contributed by atoms with Gasteiger partial charge in [-0.2, -0.15) is 0 Å². The van der Waals surface area contributed by atoms with Crippen LogP contribution < -0.4 is 0 Å². The molecule has 5 rings (SSSR count). The zero-order valence-electron chi connectivity index (χ0n) is 25.1. The van der Waals surface area contributed by atoms with E-state index in [1.54, 1.807) is 0 Å². The Kier molecular flexibility index (Phi) is 13.3. The topological polar surface area (TPSA) is 51.6 Å². The van der Waals surface area contributed by atoms with Crippen LogP contribution >= 0.6 is 115 Å². The third-order valence-corrected chi connectivity index (χ3v) is 13.1.